The van der Waals surface area contributed by atoms with Gasteiger partial charge in [0.05, 0.1) is 13.2 Å². The van der Waals surface area contributed by atoms with Gasteiger partial charge in [-0.1, -0.05) is 11.6 Å². The molecule has 1 heterocycles. The molecule has 1 fully saturated rings. The fraction of sp³-hybridized carbons (Fsp3) is 0.533. The third kappa shape index (κ3) is 4.30. The third-order valence-corrected chi connectivity index (χ3v) is 3.79. The zero-order chi connectivity index (χ0) is 13.7. The minimum atomic E-state index is 0.162. The maximum Gasteiger partial charge on any atom is 0.176 e. The first kappa shape index (κ1) is 14.5. The molecule has 1 unspecified atom stereocenters. The molecule has 1 aliphatic rings. The Morgan fingerprint density at radius 3 is 2.84 bits per heavy atom. The van der Waals surface area contributed by atoms with Gasteiger partial charge in [-0.2, -0.15) is 0 Å². The zero-order valence-electron chi connectivity index (χ0n) is 11.3. The van der Waals surface area contributed by atoms with Crippen LogP contribution in [0.2, 0.25) is 5.02 Å². The standard InChI is InChI=1S/C15H20ClNO2/c1-19-11-12-3-2-8-17(9-12)10-15(18)13-4-6-14(16)7-5-13/h4-7,12H,2-3,8-11H2,1H3. The maximum atomic E-state index is 12.2. The molecule has 1 atom stereocenters. The minimum absolute atomic E-state index is 0.162. The van der Waals surface area contributed by atoms with Crippen molar-refractivity contribution >= 4 is 17.4 Å². The molecule has 104 valence electrons. The van der Waals surface area contributed by atoms with E-state index in [1.165, 1.54) is 6.42 Å². The number of benzene rings is 1. The molecule has 0 aromatic heterocycles. The van der Waals surface area contributed by atoms with E-state index in [4.69, 9.17) is 16.3 Å². The zero-order valence-corrected chi connectivity index (χ0v) is 12.0. The van der Waals surface area contributed by atoms with Crippen LogP contribution in [0.3, 0.4) is 0 Å². The Hall–Kier alpha value is -0.900. The molecular weight excluding hydrogens is 262 g/mol. The second-order valence-corrected chi connectivity index (χ2v) is 5.57. The lowest BCUT2D eigenvalue weighted by Gasteiger charge is -2.31. The summed E-state index contributed by atoms with van der Waals surface area (Å²) < 4.78 is 5.21. The molecule has 1 saturated heterocycles. The first-order valence-corrected chi connectivity index (χ1v) is 7.07. The summed E-state index contributed by atoms with van der Waals surface area (Å²) in [6.07, 6.45) is 2.33. The number of piperidine rings is 1. The molecule has 0 radical (unpaired) electrons. The smallest absolute Gasteiger partial charge is 0.176 e. The highest BCUT2D eigenvalue weighted by atomic mass is 35.5. The topological polar surface area (TPSA) is 29.5 Å². The van der Waals surface area contributed by atoms with Crippen molar-refractivity contribution in [1.82, 2.24) is 4.90 Å². The summed E-state index contributed by atoms with van der Waals surface area (Å²) in [6.45, 7) is 3.22. The molecule has 0 N–H and O–H groups in total. The number of nitrogens with zero attached hydrogens (tertiary/aromatic N) is 1. The van der Waals surface area contributed by atoms with Crippen molar-refractivity contribution in [1.29, 1.82) is 0 Å². The second-order valence-electron chi connectivity index (χ2n) is 5.13. The minimum Gasteiger partial charge on any atom is -0.384 e. The van der Waals surface area contributed by atoms with E-state index >= 15 is 0 Å². The molecule has 1 aromatic carbocycles. The lowest BCUT2D eigenvalue weighted by Crippen LogP contribution is -2.40. The average molecular weight is 282 g/mol. The van der Waals surface area contributed by atoms with E-state index in [1.54, 1.807) is 31.4 Å². The Labute approximate surface area is 119 Å². The summed E-state index contributed by atoms with van der Waals surface area (Å²) in [5, 5.41) is 0.662. The van der Waals surface area contributed by atoms with E-state index in [0.29, 0.717) is 17.5 Å². The van der Waals surface area contributed by atoms with Gasteiger partial charge < -0.3 is 4.74 Å². The van der Waals surface area contributed by atoms with Crippen molar-refractivity contribution in [2.45, 2.75) is 12.8 Å². The molecule has 19 heavy (non-hydrogen) atoms. The molecule has 0 bridgehead atoms. The van der Waals surface area contributed by atoms with Crippen LogP contribution in [0.1, 0.15) is 23.2 Å². The first-order valence-electron chi connectivity index (χ1n) is 6.69. The molecule has 3 nitrogen and oxygen atoms in total. The van der Waals surface area contributed by atoms with Gasteiger partial charge in [-0.3, -0.25) is 9.69 Å². The van der Waals surface area contributed by atoms with Gasteiger partial charge in [0.1, 0.15) is 0 Å². The van der Waals surface area contributed by atoms with Crippen molar-refractivity contribution in [3.05, 3.63) is 34.9 Å². The van der Waals surface area contributed by atoms with Crippen LogP contribution in [0.25, 0.3) is 0 Å². The van der Waals surface area contributed by atoms with Crippen molar-refractivity contribution in [3.63, 3.8) is 0 Å². The predicted molar refractivity (Wildman–Crippen MR) is 76.8 cm³/mol. The van der Waals surface area contributed by atoms with Crippen LogP contribution >= 0.6 is 11.6 Å². The monoisotopic (exact) mass is 281 g/mol. The number of hydrogen-bond acceptors (Lipinski definition) is 3. The summed E-state index contributed by atoms with van der Waals surface area (Å²) >= 11 is 5.83. The molecule has 0 saturated carbocycles. The highest BCUT2D eigenvalue weighted by Crippen LogP contribution is 2.17. The van der Waals surface area contributed by atoms with Crippen LogP contribution in [0.4, 0.5) is 0 Å². The fourth-order valence-electron chi connectivity index (χ4n) is 2.60. The number of carbonyl (C=O) groups is 1. The lowest BCUT2D eigenvalue weighted by molar-refractivity contribution is 0.0758. The number of ether oxygens (including phenoxy) is 1. The summed E-state index contributed by atoms with van der Waals surface area (Å²) in [4.78, 5) is 14.4. The van der Waals surface area contributed by atoms with Crippen LogP contribution in [-0.2, 0) is 4.74 Å². The van der Waals surface area contributed by atoms with Crippen LogP contribution in [0, 0.1) is 5.92 Å². The summed E-state index contributed by atoms with van der Waals surface area (Å²) in [6, 6.07) is 7.11. The van der Waals surface area contributed by atoms with Crippen LogP contribution in [0.15, 0.2) is 24.3 Å². The van der Waals surface area contributed by atoms with Gasteiger partial charge in [-0.25, -0.2) is 0 Å². The van der Waals surface area contributed by atoms with E-state index in [-0.39, 0.29) is 5.78 Å². The summed E-state index contributed by atoms with van der Waals surface area (Å²) in [5.74, 6) is 0.714. The molecule has 2 rings (SSSR count). The number of carbonyl (C=O) groups excluding carboxylic acids is 1. The van der Waals surface area contributed by atoms with E-state index in [2.05, 4.69) is 4.90 Å². The summed E-state index contributed by atoms with van der Waals surface area (Å²) in [5.41, 5.74) is 0.735. The SMILES string of the molecule is COCC1CCCN(CC(=O)c2ccc(Cl)cc2)C1. The van der Waals surface area contributed by atoms with Gasteiger partial charge in [-0.15, -0.1) is 0 Å². The largest absolute Gasteiger partial charge is 0.384 e. The van der Waals surface area contributed by atoms with E-state index in [1.807, 2.05) is 0 Å². The van der Waals surface area contributed by atoms with Crippen molar-refractivity contribution in [2.24, 2.45) is 5.92 Å². The molecule has 0 aliphatic carbocycles. The normalized spacial score (nSPS) is 20.4. The third-order valence-electron chi connectivity index (χ3n) is 3.54. The van der Waals surface area contributed by atoms with Crippen LogP contribution in [0.5, 0.6) is 0 Å². The first-order chi connectivity index (χ1) is 9.19. The molecule has 0 spiro atoms. The number of halogens is 1. The summed E-state index contributed by atoms with van der Waals surface area (Å²) in [7, 11) is 1.73. The Kier molecular flexibility index (Phi) is 5.37. The number of methoxy groups -OCH3 is 1. The Bertz CT molecular complexity index is 417. The quantitative estimate of drug-likeness (QED) is 0.777. The number of rotatable bonds is 5. The molecule has 4 heteroatoms. The predicted octanol–water partition coefficient (Wildman–Crippen LogP) is 2.88. The highest BCUT2D eigenvalue weighted by molar-refractivity contribution is 6.30. The highest BCUT2D eigenvalue weighted by Gasteiger charge is 2.21. The molecule has 1 aliphatic heterocycles. The van der Waals surface area contributed by atoms with E-state index in [0.717, 1.165) is 31.7 Å². The Morgan fingerprint density at radius 2 is 2.16 bits per heavy atom. The van der Waals surface area contributed by atoms with Crippen molar-refractivity contribution in [2.75, 3.05) is 33.4 Å². The van der Waals surface area contributed by atoms with Gasteiger partial charge in [-0.05, 0) is 49.6 Å². The number of ketones is 1. The molecule has 1 aromatic rings. The van der Waals surface area contributed by atoms with Gasteiger partial charge in [0.15, 0.2) is 5.78 Å². The molecular formula is C15H20ClNO2. The van der Waals surface area contributed by atoms with E-state index in [9.17, 15) is 4.79 Å². The van der Waals surface area contributed by atoms with Gasteiger partial charge in [0.2, 0.25) is 0 Å². The number of hydrogen-bond donors (Lipinski definition) is 0. The Morgan fingerprint density at radius 1 is 1.42 bits per heavy atom. The lowest BCUT2D eigenvalue weighted by atomic mass is 9.98. The Balaban J connectivity index is 1.89. The van der Waals surface area contributed by atoms with Crippen molar-refractivity contribution in [3.8, 4) is 0 Å². The molecule has 0 amide bonds. The maximum absolute atomic E-state index is 12.2. The average Bonchev–Trinajstić information content (AvgIpc) is 2.40. The van der Waals surface area contributed by atoms with Gasteiger partial charge in [0.25, 0.3) is 0 Å². The van der Waals surface area contributed by atoms with Crippen LogP contribution < -0.4 is 0 Å². The van der Waals surface area contributed by atoms with Crippen molar-refractivity contribution < 1.29 is 9.53 Å². The van der Waals surface area contributed by atoms with Gasteiger partial charge >= 0.3 is 0 Å². The number of likely N-dealkylation sites (tertiary alicyclic amines) is 1. The van der Waals surface area contributed by atoms with E-state index < -0.39 is 0 Å². The number of Topliss-reactive ketones (excluding diaryl/α,β-unsaturated/α-hetero) is 1. The van der Waals surface area contributed by atoms with Crippen LogP contribution in [-0.4, -0.2) is 44.0 Å². The fourth-order valence-corrected chi connectivity index (χ4v) is 2.72. The second kappa shape index (κ2) is 7.04. The van der Waals surface area contributed by atoms with Gasteiger partial charge in [0, 0.05) is 24.2 Å².